The van der Waals surface area contributed by atoms with Crippen molar-refractivity contribution in [2.24, 2.45) is 0 Å². The van der Waals surface area contributed by atoms with Crippen molar-refractivity contribution in [1.82, 2.24) is 0 Å². The quantitative estimate of drug-likeness (QED) is 0.739. The first-order chi connectivity index (χ1) is 11.0. The van der Waals surface area contributed by atoms with Crippen molar-refractivity contribution in [3.05, 3.63) is 59.7 Å². The molecule has 3 rings (SSSR count). The Balaban J connectivity index is 0.000000268. The second-order valence-corrected chi connectivity index (χ2v) is 6.84. The van der Waals surface area contributed by atoms with Crippen molar-refractivity contribution in [2.75, 3.05) is 0 Å². The second kappa shape index (κ2) is 8.05. The zero-order valence-corrected chi connectivity index (χ0v) is 14.3. The van der Waals surface area contributed by atoms with E-state index in [0.29, 0.717) is 0 Å². The van der Waals surface area contributed by atoms with Gasteiger partial charge in [-0.3, -0.25) is 0 Å². The molecular formula is C21H28O2. The summed E-state index contributed by atoms with van der Waals surface area (Å²) in [5, 5.41) is 18.6. The van der Waals surface area contributed by atoms with Crippen LogP contribution in [-0.4, -0.2) is 10.2 Å². The molecule has 0 saturated heterocycles. The van der Waals surface area contributed by atoms with Gasteiger partial charge in [0.15, 0.2) is 0 Å². The zero-order valence-electron chi connectivity index (χ0n) is 14.3. The van der Waals surface area contributed by atoms with Crippen LogP contribution in [0.4, 0.5) is 0 Å². The van der Waals surface area contributed by atoms with E-state index in [2.05, 4.69) is 13.8 Å². The molecule has 0 spiro atoms. The monoisotopic (exact) mass is 312 g/mol. The van der Waals surface area contributed by atoms with Crippen LogP contribution in [0.15, 0.2) is 48.5 Å². The van der Waals surface area contributed by atoms with Crippen LogP contribution in [0.5, 0.6) is 11.5 Å². The smallest absolute Gasteiger partial charge is 0.115 e. The number of hydrogen-bond donors (Lipinski definition) is 2. The molecule has 0 amide bonds. The molecule has 2 N–H and O–H groups in total. The van der Waals surface area contributed by atoms with Gasteiger partial charge in [0.25, 0.3) is 0 Å². The Labute approximate surface area is 139 Å². The van der Waals surface area contributed by atoms with Crippen molar-refractivity contribution in [3.8, 4) is 11.5 Å². The minimum absolute atomic E-state index is 0.151. The molecule has 0 unspecified atom stereocenters. The lowest BCUT2D eigenvalue weighted by atomic mass is 9.78. The van der Waals surface area contributed by atoms with Crippen LogP contribution >= 0.6 is 0 Å². The third kappa shape index (κ3) is 5.02. The second-order valence-electron chi connectivity index (χ2n) is 6.84. The lowest BCUT2D eigenvalue weighted by molar-refractivity contribution is 0.474. The summed E-state index contributed by atoms with van der Waals surface area (Å²) in [7, 11) is 0. The van der Waals surface area contributed by atoms with E-state index in [1.54, 1.807) is 24.3 Å². The molecule has 2 aromatic carbocycles. The summed E-state index contributed by atoms with van der Waals surface area (Å²) < 4.78 is 0. The predicted octanol–water partition coefficient (Wildman–Crippen LogP) is 5.76. The Hall–Kier alpha value is -1.96. The fourth-order valence-electron chi connectivity index (χ4n) is 2.98. The number of rotatable bonds is 2. The highest BCUT2D eigenvalue weighted by Crippen LogP contribution is 2.32. The van der Waals surface area contributed by atoms with Gasteiger partial charge in [-0.15, -0.1) is 0 Å². The third-order valence-corrected chi connectivity index (χ3v) is 4.68. The van der Waals surface area contributed by atoms with Gasteiger partial charge in [0.1, 0.15) is 11.5 Å². The Bertz CT molecular complexity index is 519. The van der Waals surface area contributed by atoms with E-state index in [1.165, 1.54) is 38.5 Å². The third-order valence-electron chi connectivity index (χ3n) is 4.68. The summed E-state index contributed by atoms with van der Waals surface area (Å²) in [5.41, 5.74) is 2.10. The highest BCUT2D eigenvalue weighted by molar-refractivity contribution is 5.41. The van der Waals surface area contributed by atoms with E-state index in [4.69, 9.17) is 0 Å². The molecule has 0 aliphatic heterocycles. The van der Waals surface area contributed by atoms with Crippen LogP contribution in [0, 0.1) is 0 Å². The number of aromatic hydroxyl groups is 2. The fraction of sp³-hybridized carbons (Fsp3) is 0.429. The lowest BCUT2D eigenvalue weighted by Gasteiger charge is -2.26. The molecular weight excluding hydrogens is 284 g/mol. The van der Waals surface area contributed by atoms with Gasteiger partial charge in [0.2, 0.25) is 0 Å². The largest absolute Gasteiger partial charge is 0.508 e. The highest BCUT2D eigenvalue weighted by Gasteiger charge is 2.22. The summed E-state index contributed by atoms with van der Waals surface area (Å²) in [6.45, 7) is 4.23. The van der Waals surface area contributed by atoms with Crippen molar-refractivity contribution < 1.29 is 10.2 Å². The van der Waals surface area contributed by atoms with Crippen molar-refractivity contribution in [2.45, 2.75) is 57.8 Å². The topological polar surface area (TPSA) is 40.5 Å². The van der Waals surface area contributed by atoms with Gasteiger partial charge in [-0.2, -0.15) is 0 Å². The molecule has 0 atom stereocenters. The summed E-state index contributed by atoms with van der Waals surface area (Å²) in [6, 6.07) is 14.4. The highest BCUT2D eigenvalue weighted by atomic mass is 16.3. The predicted molar refractivity (Wildman–Crippen MR) is 96.0 cm³/mol. The average molecular weight is 312 g/mol. The van der Waals surface area contributed by atoms with Crippen molar-refractivity contribution >= 4 is 0 Å². The van der Waals surface area contributed by atoms with Crippen molar-refractivity contribution in [1.29, 1.82) is 0 Å². The summed E-state index contributed by atoms with van der Waals surface area (Å²) in [6.07, 6.45) is 9.00. The molecule has 0 bridgehead atoms. The minimum atomic E-state index is -0.151. The van der Waals surface area contributed by atoms with Gasteiger partial charge in [-0.1, -0.05) is 76.6 Å². The lowest BCUT2D eigenvalue weighted by Crippen LogP contribution is -2.18. The van der Waals surface area contributed by atoms with E-state index < -0.39 is 0 Å². The standard InChI is InChI=1S/C15H16O2.C6H12/c1-15(2,11-3-7-13(16)8-4-11)12-5-9-14(17)10-6-12;1-2-4-6-5-3-1/h3-10,16-17H,1-2H3;1-6H2. The Morgan fingerprint density at radius 3 is 1.09 bits per heavy atom. The first-order valence-electron chi connectivity index (χ1n) is 8.59. The summed E-state index contributed by atoms with van der Waals surface area (Å²) in [5.74, 6) is 0.547. The normalized spacial score (nSPS) is 14.7. The van der Waals surface area contributed by atoms with E-state index in [1.807, 2.05) is 24.3 Å². The first kappa shape index (κ1) is 17.4. The van der Waals surface area contributed by atoms with Gasteiger partial charge in [-0.25, -0.2) is 0 Å². The molecule has 0 radical (unpaired) electrons. The maximum Gasteiger partial charge on any atom is 0.115 e. The first-order valence-corrected chi connectivity index (χ1v) is 8.59. The Kier molecular flexibility index (Phi) is 6.09. The molecule has 1 saturated carbocycles. The van der Waals surface area contributed by atoms with Crippen LogP contribution in [-0.2, 0) is 5.41 Å². The van der Waals surface area contributed by atoms with Gasteiger partial charge in [-0.05, 0) is 35.4 Å². The van der Waals surface area contributed by atoms with E-state index in [9.17, 15) is 10.2 Å². The molecule has 1 fully saturated rings. The number of phenols is 2. The van der Waals surface area contributed by atoms with Gasteiger partial charge in [0, 0.05) is 5.41 Å². The summed E-state index contributed by atoms with van der Waals surface area (Å²) >= 11 is 0. The Morgan fingerprint density at radius 2 is 0.826 bits per heavy atom. The van der Waals surface area contributed by atoms with E-state index in [0.717, 1.165) is 11.1 Å². The summed E-state index contributed by atoms with van der Waals surface area (Å²) in [4.78, 5) is 0. The SMILES string of the molecule is C1CCCCC1.CC(C)(c1ccc(O)cc1)c1ccc(O)cc1. The van der Waals surface area contributed by atoms with Crippen LogP contribution < -0.4 is 0 Å². The molecule has 2 nitrogen and oxygen atoms in total. The minimum Gasteiger partial charge on any atom is -0.508 e. The van der Waals surface area contributed by atoms with Gasteiger partial charge >= 0.3 is 0 Å². The molecule has 0 heterocycles. The zero-order chi connectivity index (χ0) is 16.7. The molecule has 2 heteroatoms. The molecule has 124 valence electrons. The Morgan fingerprint density at radius 1 is 0.565 bits per heavy atom. The fourth-order valence-corrected chi connectivity index (χ4v) is 2.98. The van der Waals surface area contributed by atoms with Crippen LogP contribution in [0.3, 0.4) is 0 Å². The van der Waals surface area contributed by atoms with Crippen LogP contribution in [0.25, 0.3) is 0 Å². The van der Waals surface area contributed by atoms with Gasteiger partial charge in [0.05, 0.1) is 0 Å². The molecule has 1 aliphatic carbocycles. The maximum atomic E-state index is 9.30. The van der Waals surface area contributed by atoms with E-state index >= 15 is 0 Å². The molecule has 1 aliphatic rings. The number of hydrogen-bond acceptors (Lipinski definition) is 2. The van der Waals surface area contributed by atoms with Crippen LogP contribution in [0.2, 0.25) is 0 Å². The molecule has 0 aromatic heterocycles. The van der Waals surface area contributed by atoms with Crippen LogP contribution in [0.1, 0.15) is 63.5 Å². The number of phenolic OH excluding ortho intramolecular Hbond substituents is 2. The average Bonchev–Trinajstić information content (AvgIpc) is 2.58. The van der Waals surface area contributed by atoms with Gasteiger partial charge < -0.3 is 10.2 Å². The molecule has 2 aromatic rings. The molecule has 23 heavy (non-hydrogen) atoms. The van der Waals surface area contributed by atoms with E-state index in [-0.39, 0.29) is 16.9 Å². The number of benzene rings is 2. The maximum absolute atomic E-state index is 9.30. The van der Waals surface area contributed by atoms with Crippen molar-refractivity contribution in [3.63, 3.8) is 0 Å².